The van der Waals surface area contributed by atoms with Crippen molar-refractivity contribution in [1.82, 2.24) is 0 Å². The van der Waals surface area contributed by atoms with Crippen LogP contribution >= 0.6 is 0 Å². The Hall–Kier alpha value is -2.12. The Balaban J connectivity index is 1.80. The number of rotatable bonds is 5. The van der Waals surface area contributed by atoms with Gasteiger partial charge in [-0.15, -0.1) is 0 Å². The lowest BCUT2D eigenvalue weighted by Gasteiger charge is -2.31. The van der Waals surface area contributed by atoms with Gasteiger partial charge in [0.15, 0.2) is 6.04 Å². The number of anilines is 1. The molecule has 1 aromatic rings. The van der Waals surface area contributed by atoms with Crippen molar-refractivity contribution in [1.29, 1.82) is 0 Å². The monoisotopic (exact) mass is 349 g/mol. The highest BCUT2D eigenvalue weighted by molar-refractivity contribution is 6.22. The third-order valence-electron chi connectivity index (χ3n) is 5.33. The Bertz CT molecular complexity index is 633. The van der Waals surface area contributed by atoms with Gasteiger partial charge in [0.1, 0.15) is 37.7 Å². The number of likely N-dealkylation sites (N-methyl/N-ethyl adjacent to an activating group) is 1. The van der Waals surface area contributed by atoms with Crippen LogP contribution in [0.25, 0.3) is 0 Å². The largest absolute Gasteiger partial charge is 0.497 e. The Morgan fingerprint density at radius 1 is 1.04 bits per heavy atom. The number of amides is 2. The number of carbonyl (C=O) groups excluding carboxylic acids is 2. The Labute approximate surface area is 148 Å². The van der Waals surface area contributed by atoms with Gasteiger partial charge in [-0.2, -0.15) is 0 Å². The first-order chi connectivity index (χ1) is 12.1. The number of methoxy groups -OCH3 is 2. The molecule has 7 heteroatoms. The first kappa shape index (κ1) is 17.7. The summed E-state index contributed by atoms with van der Waals surface area (Å²) in [5.74, 6) is 0.857. The summed E-state index contributed by atoms with van der Waals surface area (Å²) in [6, 6.07) is 4.86. The van der Waals surface area contributed by atoms with Crippen LogP contribution in [0.1, 0.15) is 13.3 Å². The number of ether oxygens (including phenoxy) is 2. The molecule has 0 radical (unpaired) electrons. The zero-order chi connectivity index (χ0) is 18.0. The summed E-state index contributed by atoms with van der Waals surface area (Å²) in [5.41, 5.74) is 0.519. The van der Waals surface area contributed by atoms with Gasteiger partial charge in [0.2, 0.25) is 5.91 Å². The molecular formula is C18H27N3O4+2. The van der Waals surface area contributed by atoms with Gasteiger partial charge in [0.25, 0.3) is 5.91 Å². The van der Waals surface area contributed by atoms with E-state index in [1.54, 1.807) is 37.3 Å². The summed E-state index contributed by atoms with van der Waals surface area (Å²) in [6.07, 6.45) is 0.273. The van der Waals surface area contributed by atoms with Crippen molar-refractivity contribution in [3.05, 3.63) is 18.2 Å². The normalized spacial score (nSPS) is 26.8. The van der Waals surface area contributed by atoms with Gasteiger partial charge < -0.3 is 19.3 Å². The molecule has 7 nitrogen and oxygen atoms in total. The highest BCUT2D eigenvalue weighted by atomic mass is 16.5. The number of benzene rings is 1. The smallest absolute Gasteiger partial charge is 0.292 e. The van der Waals surface area contributed by atoms with E-state index in [0.717, 1.165) is 32.7 Å². The zero-order valence-electron chi connectivity index (χ0n) is 15.1. The molecule has 0 saturated carbocycles. The average molecular weight is 349 g/mol. The Morgan fingerprint density at radius 2 is 1.64 bits per heavy atom. The quantitative estimate of drug-likeness (QED) is 0.612. The van der Waals surface area contributed by atoms with Crippen LogP contribution < -0.4 is 24.2 Å². The van der Waals surface area contributed by atoms with Crippen molar-refractivity contribution in [3.63, 3.8) is 0 Å². The maximum Gasteiger partial charge on any atom is 0.292 e. The van der Waals surface area contributed by atoms with Gasteiger partial charge in [0, 0.05) is 18.2 Å². The fourth-order valence-corrected chi connectivity index (χ4v) is 3.77. The van der Waals surface area contributed by atoms with E-state index in [0.29, 0.717) is 17.2 Å². The van der Waals surface area contributed by atoms with Gasteiger partial charge in [-0.3, -0.25) is 9.59 Å². The predicted molar refractivity (Wildman–Crippen MR) is 92.4 cm³/mol. The SMILES string of the molecule is CC[NH+]1CC[NH+]([C@H]2CC(=O)N(c3cc(OC)cc(OC)c3)C2=O)CC1. The molecule has 2 saturated heterocycles. The second-order valence-electron chi connectivity index (χ2n) is 6.66. The minimum absolute atomic E-state index is 0.116. The second-order valence-corrected chi connectivity index (χ2v) is 6.66. The van der Waals surface area contributed by atoms with Gasteiger partial charge in [-0.1, -0.05) is 0 Å². The second kappa shape index (κ2) is 7.41. The van der Waals surface area contributed by atoms with E-state index in [9.17, 15) is 9.59 Å². The first-order valence-electron chi connectivity index (χ1n) is 8.85. The summed E-state index contributed by atoms with van der Waals surface area (Å²) in [5, 5.41) is 0. The fourth-order valence-electron chi connectivity index (χ4n) is 3.77. The van der Waals surface area contributed by atoms with E-state index in [1.165, 1.54) is 9.80 Å². The minimum atomic E-state index is -0.275. The molecule has 2 aliphatic rings. The van der Waals surface area contributed by atoms with Crippen LogP contribution in [0.5, 0.6) is 11.5 Å². The molecule has 2 amide bonds. The van der Waals surface area contributed by atoms with Crippen LogP contribution in [0.2, 0.25) is 0 Å². The molecule has 0 unspecified atom stereocenters. The van der Waals surface area contributed by atoms with Crippen LogP contribution in [0, 0.1) is 0 Å². The fraction of sp³-hybridized carbons (Fsp3) is 0.556. The molecule has 0 spiro atoms. The highest BCUT2D eigenvalue weighted by Gasteiger charge is 2.47. The topological polar surface area (TPSA) is 64.7 Å². The first-order valence-corrected chi connectivity index (χ1v) is 8.85. The molecule has 2 aliphatic heterocycles. The van der Waals surface area contributed by atoms with Crippen LogP contribution in [-0.4, -0.2) is 64.8 Å². The summed E-state index contributed by atoms with van der Waals surface area (Å²) in [7, 11) is 3.10. The van der Waals surface area contributed by atoms with E-state index in [1.807, 2.05) is 0 Å². The van der Waals surface area contributed by atoms with Gasteiger partial charge in [-0.25, -0.2) is 4.90 Å². The summed E-state index contributed by atoms with van der Waals surface area (Å²) in [4.78, 5) is 29.6. The molecule has 1 aromatic carbocycles. The minimum Gasteiger partial charge on any atom is -0.497 e. The summed E-state index contributed by atoms with van der Waals surface area (Å²) >= 11 is 0. The van der Waals surface area contributed by atoms with Crippen LogP contribution in [0.15, 0.2) is 18.2 Å². The molecule has 0 aromatic heterocycles. The van der Waals surface area contributed by atoms with Crippen molar-refractivity contribution in [3.8, 4) is 11.5 Å². The van der Waals surface area contributed by atoms with Crippen molar-refractivity contribution < 1.29 is 28.9 Å². The Kier molecular flexibility index (Phi) is 5.24. The molecule has 25 heavy (non-hydrogen) atoms. The molecule has 136 valence electrons. The summed E-state index contributed by atoms with van der Waals surface area (Å²) in [6.45, 7) is 7.26. The molecule has 0 bridgehead atoms. The molecule has 0 aliphatic carbocycles. The van der Waals surface area contributed by atoms with E-state index in [-0.39, 0.29) is 24.3 Å². The maximum atomic E-state index is 13.0. The average Bonchev–Trinajstić information content (AvgIpc) is 2.95. The van der Waals surface area contributed by atoms with E-state index in [2.05, 4.69) is 6.92 Å². The van der Waals surface area contributed by atoms with Gasteiger partial charge in [0.05, 0.1) is 32.9 Å². The van der Waals surface area contributed by atoms with E-state index >= 15 is 0 Å². The van der Waals surface area contributed by atoms with E-state index < -0.39 is 0 Å². The number of carbonyl (C=O) groups is 2. The van der Waals surface area contributed by atoms with Crippen LogP contribution in [0.4, 0.5) is 5.69 Å². The van der Waals surface area contributed by atoms with Crippen molar-refractivity contribution in [2.24, 2.45) is 0 Å². The predicted octanol–water partition coefficient (Wildman–Crippen LogP) is -1.86. The van der Waals surface area contributed by atoms with Gasteiger partial charge >= 0.3 is 0 Å². The van der Waals surface area contributed by atoms with Gasteiger partial charge in [-0.05, 0) is 6.92 Å². The van der Waals surface area contributed by atoms with Crippen LogP contribution in [-0.2, 0) is 9.59 Å². The van der Waals surface area contributed by atoms with Crippen molar-refractivity contribution in [2.75, 3.05) is 51.8 Å². The number of hydrogen-bond acceptors (Lipinski definition) is 4. The zero-order valence-corrected chi connectivity index (χ0v) is 15.1. The molecule has 2 heterocycles. The van der Waals surface area contributed by atoms with Crippen molar-refractivity contribution in [2.45, 2.75) is 19.4 Å². The Morgan fingerprint density at radius 3 is 2.16 bits per heavy atom. The maximum absolute atomic E-state index is 13.0. The molecule has 2 N–H and O–H groups in total. The number of imide groups is 1. The number of hydrogen-bond donors (Lipinski definition) is 2. The third-order valence-corrected chi connectivity index (χ3v) is 5.33. The number of nitrogens with one attached hydrogen (secondary N) is 2. The molecule has 2 fully saturated rings. The lowest BCUT2D eigenvalue weighted by atomic mass is 10.1. The molecular weight excluding hydrogens is 322 g/mol. The van der Waals surface area contributed by atoms with Crippen LogP contribution in [0.3, 0.4) is 0 Å². The van der Waals surface area contributed by atoms with Crippen molar-refractivity contribution >= 4 is 17.5 Å². The summed E-state index contributed by atoms with van der Waals surface area (Å²) < 4.78 is 10.5. The number of piperazine rings is 1. The standard InChI is InChI=1S/C18H25N3O4/c1-4-19-5-7-20(8-6-19)16-12-17(22)21(18(16)23)13-9-14(24-2)11-15(10-13)25-3/h9-11,16H,4-8,12H2,1-3H3/p+2/t16-/m0/s1. The third kappa shape index (κ3) is 3.48. The van der Waals surface area contributed by atoms with E-state index in [4.69, 9.17) is 9.47 Å². The number of quaternary nitrogens is 2. The highest BCUT2D eigenvalue weighted by Crippen LogP contribution is 2.31. The number of nitrogens with zero attached hydrogens (tertiary/aromatic N) is 1. The molecule has 3 rings (SSSR count). The lowest BCUT2D eigenvalue weighted by Crippen LogP contribution is -3.29. The lowest BCUT2D eigenvalue weighted by molar-refractivity contribution is -1.02. The molecule has 1 atom stereocenters.